The standard InChI is InChI=1S/C10H14NO2.HI/c1-3-13-10(12)7-9-5-4-6-11(2)8-9;/h4-6,8H,3,7H2,1-2H3;1H/q+1;/p-1. The minimum Gasteiger partial charge on any atom is -1.00 e. The van der Waals surface area contributed by atoms with Crippen molar-refractivity contribution in [2.24, 2.45) is 7.05 Å². The van der Waals surface area contributed by atoms with Gasteiger partial charge in [-0.3, -0.25) is 4.79 Å². The van der Waals surface area contributed by atoms with Gasteiger partial charge in [-0.2, -0.15) is 0 Å². The number of esters is 1. The van der Waals surface area contributed by atoms with E-state index < -0.39 is 0 Å². The third kappa shape index (κ3) is 4.55. The molecule has 0 atom stereocenters. The Morgan fingerprint density at radius 2 is 2.29 bits per heavy atom. The Morgan fingerprint density at radius 1 is 1.57 bits per heavy atom. The second kappa shape index (κ2) is 6.75. The van der Waals surface area contributed by atoms with E-state index in [9.17, 15) is 4.79 Å². The molecule has 0 saturated heterocycles. The number of hydrogen-bond acceptors (Lipinski definition) is 2. The summed E-state index contributed by atoms with van der Waals surface area (Å²) in [7, 11) is 1.93. The van der Waals surface area contributed by atoms with E-state index in [1.165, 1.54) is 0 Å². The van der Waals surface area contributed by atoms with Crippen molar-refractivity contribution in [3.05, 3.63) is 30.1 Å². The highest BCUT2D eigenvalue weighted by Gasteiger charge is 2.05. The molecule has 0 aliphatic carbocycles. The molecule has 14 heavy (non-hydrogen) atoms. The zero-order chi connectivity index (χ0) is 9.68. The zero-order valence-corrected chi connectivity index (χ0v) is 10.5. The molecule has 1 aromatic heterocycles. The molecule has 4 heteroatoms. The third-order valence-corrected chi connectivity index (χ3v) is 1.65. The molecule has 0 aliphatic rings. The minimum absolute atomic E-state index is 0. The van der Waals surface area contributed by atoms with Crippen LogP contribution in [-0.2, 0) is 23.0 Å². The smallest absolute Gasteiger partial charge is 0.310 e. The minimum atomic E-state index is -0.172. The van der Waals surface area contributed by atoms with Gasteiger partial charge in [-0.1, -0.05) is 0 Å². The van der Waals surface area contributed by atoms with Crippen LogP contribution in [0.25, 0.3) is 0 Å². The van der Waals surface area contributed by atoms with Crippen molar-refractivity contribution in [3.63, 3.8) is 0 Å². The van der Waals surface area contributed by atoms with Gasteiger partial charge in [0.15, 0.2) is 12.4 Å². The maximum Gasteiger partial charge on any atom is 0.310 e. The van der Waals surface area contributed by atoms with Crippen LogP contribution in [0.1, 0.15) is 12.5 Å². The summed E-state index contributed by atoms with van der Waals surface area (Å²) < 4.78 is 6.75. The summed E-state index contributed by atoms with van der Waals surface area (Å²) in [4.78, 5) is 11.1. The van der Waals surface area contributed by atoms with E-state index in [1.807, 2.05) is 43.1 Å². The van der Waals surface area contributed by atoms with Gasteiger partial charge in [-0.25, -0.2) is 4.57 Å². The molecule has 0 N–H and O–H groups in total. The zero-order valence-electron chi connectivity index (χ0n) is 8.37. The van der Waals surface area contributed by atoms with Crippen molar-refractivity contribution < 1.29 is 38.1 Å². The monoisotopic (exact) mass is 307 g/mol. The van der Waals surface area contributed by atoms with Crippen LogP contribution < -0.4 is 28.5 Å². The first kappa shape index (κ1) is 13.4. The molecule has 1 aromatic rings. The molecular formula is C10H14INO2. The third-order valence-electron chi connectivity index (χ3n) is 1.65. The summed E-state index contributed by atoms with van der Waals surface area (Å²) in [5.74, 6) is -0.172. The molecule has 0 unspecified atom stereocenters. The average molecular weight is 307 g/mol. The summed E-state index contributed by atoms with van der Waals surface area (Å²) in [6, 6.07) is 3.82. The van der Waals surface area contributed by atoms with E-state index in [4.69, 9.17) is 4.74 Å². The highest BCUT2D eigenvalue weighted by molar-refractivity contribution is 5.72. The van der Waals surface area contributed by atoms with Crippen LogP contribution in [0.2, 0.25) is 0 Å². The Morgan fingerprint density at radius 3 is 2.86 bits per heavy atom. The normalized spacial score (nSPS) is 9.00. The molecule has 3 nitrogen and oxygen atoms in total. The number of pyridine rings is 1. The summed E-state index contributed by atoms with van der Waals surface area (Å²) in [5.41, 5.74) is 0.975. The lowest BCUT2D eigenvalue weighted by Crippen LogP contribution is -3.00. The molecule has 0 radical (unpaired) electrons. The second-order valence-corrected chi connectivity index (χ2v) is 2.86. The molecule has 0 saturated carbocycles. The van der Waals surface area contributed by atoms with Crippen LogP contribution in [0.3, 0.4) is 0 Å². The number of ether oxygens (including phenoxy) is 1. The lowest BCUT2D eigenvalue weighted by Gasteiger charge is -1.99. The Bertz CT molecular complexity index is 302. The average Bonchev–Trinajstić information content (AvgIpc) is 2.04. The molecule has 0 fully saturated rings. The van der Waals surface area contributed by atoms with Crippen LogP contribution in [0.15, 0.2) is 24.5 Å². The largest absolute Gasteiger partial charge is 1.00 e. The quantitative estimate of drug-likeness (QED) is 0.355. The predicted octanol–water partition coefficient (Wildman–Crippen LogP) is -2.38. The van der Waals surface area contributed by atoms with Crippen molar-refractivity contribution >= 4 is 5.97 Å². The number of hydrogen-bond donors (Lipinski definition) is 0. The Kier molecular flexibility index (Phi) is 6.44. The molecule has 0 aromatic carbocycles. The molecule has 0 aliphatic heterocycles. The van der Waals surface area contributed by atoms with Crippen molar-refractivity contribution in [1.82, 2.24) is 0 Å². The van der Waals surface area contributed by atoms with Gasteiger partial charge in [0, 0.05) is 11.6 Å². The Balaban J connectivity index is 0.00000169. The summed E-state index contributed by atoms with van der Waals surface area (Å²) in [6.45, 7) is 2.25. The van der Waals surface area contributed by atoms with Crippen LogP contribution in [-0.4, -0.2) is 12.6 Å². The maximum absolute atomic E-state index is 11.1. The summed E-state index contributed by atoms with van der Waals surface area (Å²) in [5, 5.41) is 0. The van der Waals surface area contributed by atoms with Gasteiger partial charge in [-0.05, 0) is 13.0 Å². The van der Waals surface area contributed by atoms with Crippen LogP contribution in [0.5, 0.6) is 0 Å². The lowest BCUT2D eigenvalue weighted by molar-refractivity contribution is -0.671. The van der Waals surface area contributed by atoms with Gasteiger partial charge in [-0.15, -0.1) is 0 Å². The molecular weight excluding hydrogens is 293 g/mol. The first-order chi connectivity index (χ1) is 6.22. The fraction of sp³-hybridized carbons (Fsp3) is 0.400. The Labute approximate surface area is 101 Å². The maximum atomic E-state index is 11.1. The van der Waals surface area contributed by atoms with Gasteiger partial charge in [0.2, 0.25) is 0 Å². The number of carbonyl (C=O) groups excluding carboxylic acids is 1. The first-order valence-corrected chi connectivity index (χ1v) is 4.32. The number of aromatic nitrogens is 1. The SMILES string of the molecule is CCOC(=O)Cc1ccc[n+](C)c1.[I-]. The lowest BCUT2D eigenvalue weighted by atomic mass is 10.2. The van der Waals surface area contributed by atoms with Crippen molar-refractivity contribution in [2.75, 3.05) is 6.61 Å². The van der Waals surface area contributed by atoms with Gasteiger partial charge < -0.3 is 28.7 Å². The van der Waals surface area contributed by atoms with Crippen molar-refractivity contribution in [1.29, 1.82) is 0 Å². The molecule has 78 valence electrons. The number of rotatable bonds is 3. The van der Waals surface area contributed by atoms with E-state index in [2.05, 4.69) is 0 Å². The first-order valence-electron chi connectivity index (χ1n) is 4.32. The fourth-order valence-electron chi connectivity index (χ4n) is 1.13. The molecule has 0 bridgehead atoms. The van der Waals surface area contributed by atoms with Crippen LogP contribution in [0.4, 0.5) is 0 Å². The summed E-state index contributed by atoms with van der Waals surface area (Å²) in [6.07, 6.45) is 4.19. The fourth-order valence-corrected chi connectivity index (χ4v) is 1.13. The second-order valence-electron chi connectivity index (χ2n) is 2.86. The van der Waals surface area contributed by atoms with E-state index in [0.29, 0.717) is 13.0 Å². The number of halogens is 1. The van der Waals surface area contributed by atoms with E-state index in [-0.39, 0.29) is 29.9 Å². The Hall–Kier alpha value is -0.650. The summed E-state index contributed by atoms with van der Waals surface area (Å²) >= 11 is 0. The highest BCUT2D eigenvalue weighted by Crippen LogP contribution is 1.97. The molecule has 0 spiro atoms. The molecule has 1 rings (SSSR count). The number of nitrogens with zero attached hydrogens (tertiary/aromatic N) is 1. The highest BCUT2D eigenvalue weighted by atomic mass is 127. The van der Waals surface area contributed by atoms with Gasteiger partial charge in [0.05, 0.1) is 13.0 Å². The topological polar surface area (TPSA) is 30.2 Å². The molecule has 1 heterocycles. The van der Waals surface area contributed by atoms with E-state index >= 15 is 0 Å². The van der Waals surface area contributed by atoms with Crippen molar-refractivity contribution in [2.45, 2.75) is 13.3 Å². The number of aryl methyl sites for hydroxylation is 1. The number of carbonyl (C=O) groups is 1. The van der Waals surface area contributed by atoms with Crippen LogP contribution in [0, 0.1) is 0 Å². The van der Waals surface area contributed by atoms with Crippen molar-refractivity contribution in [3.8, 4) is 0 Å². The van der Waals surface area contributed by atoms with Crippen LogP contribution >= 0.6 is 0 Å². The predicted molar refractivity (Wildman–Crippen MR) is 48.0 cm³/mol. The molecule has 0 amide bonds. The van der Waals surface area contributed by atoms with E-state index in [0.717, 1.165) is 5.56 Å². The van der Waals surface area contributed by atoms with E-state index in [1.54, 1.807) is 0 Å². The van der Waals surface area contributed by atoms with Gasteiger partial charge in [0.25, 0.3) is 0 Å². The van der Waals surface area contributed by atoms with Gasteiger partial charge >= 0.3 is 5.97 Å². The van der Waals surface area contributed by atoms with Gasteiger partial charge in [0.1, 0.15) is 7.05 Å².